The number of aryl methyl sites for hydroxylation is 2. The zero-order valence-corrected chi connectivity index (χ0v) is 20.3. The monoisotopic (exact) mass is 480 g/mol. The minimum atomic E-state index is 0.483. The fraction of sp³-hybridized carbons (Fsp3) is 0.154. The Bertz CT molecular complexity index is 1430. The molecule has 0 atom stereocenters. The van der Waals surface area contributed by atoms with Crippen molar-refractivity contribution in [1.82, 2.24) is 40.4 Å². The minimum Gasteiger partial charge on any atom is -0.493 e. The van der Waals surface area contributed by atoms with E-state index in [4.69, 9.17) is 9.47 Å². The van der Waals surface area contributed by atoms with Crippen LogP contribution in [0.15, 0.2) is 66.7 Å². The molecular weight excluding hydrogens is 456 g/mol. The van der Waals surface area contributed by atoms with Crippen molar-refractivity contribution < 1.29 is 9.47 Å². The number of hydrogen-bond donors (Lipinski definition) is 0. The van der Waals surface area contributed by atoms with Gasteiger partial charge in [-0.25, -0.2) is 0 Å². The molecule has 10 nitrogen and oxygen atoms in total. The number of tetrazole rings is 2. The van der Waals surface area contributed by atoms with Crippen LogP contribution in [0.3, 0.4) is 0 Å². The van der Waals surface area contributed by atoms with Crippen molar-refractivity contribution in [2.24, 2.45) is 0 Å². The van der Waals surface area contributed by atoms with Gasteiger partial charge in [-0.2, -0.15) is 9.36 Å². The molecule has 0 aliphatic heterocycles. The third-order valence-corrected chi connectivity index (χ3v) is 5.70. The van der Waals surface area contributed by atoms with Gasteiger partial charge in [-0.1, -0.05) is 41.5 Å². The molecule has 0 fully saturated rings. The van der Waals surface area contributed by atoms with Gasteiger partial charge in [0.25, 0.3) is 0 Å². The predicted octanol–water partition coefficient (Wildman–Crippen LogP) is 3.86. The third-order valence-electron chi connectivity index (χ3n) is 5.70. The molecule has 0 spiro atoms. The van der Waals surface area contributed by atoms with Crippen molar-refractivity contribution in [2.75, 3.05) is 14.2 Å². The molecular formula is C26H24N8O2. The Morgan fingerprint density at radius 2 is 1.17 bits per heavy atom. The Kier molecular flexibility index (Phi) is 6.23. The molecule has 2 aromatic heterocycles. The van der Waals surface area contributed by atoms with Gasteiger partial charge in [-0.15, -0.1) is 10.2 Å². The lowest BCUT2D eigenvalue weighted by atomic mass is 10.1. The van der Waals surface area contributed by atoms with Gasteiger partial charge < -0.3 is 9.47 Å². The topological polar surface area (TPSA) is 106 Å². The maximum Gasteiger partial charge on any atom is 0.190 e. The second-order valence-corrected chi connectivity index (χ2v) is 8.17. The van der Waals surface area contributed by atoms with E-state index in [-0.39, 0.29) is 0 Å². The Morgan fingerprint density at radius 3 is 1.64 bits per heavy atom. The summed E-state index contributed by atoms with van der Waals surface area (Å²) >= 11 is 0. The number of ether oxygens (including phenoxy) is 2. The largest absolute Gasteiger partial charge is 0.493 e. The first-order valence-electron chi connectivity index (χ1n) is 11.2. The van der Waals surface area contributed by atoms with Crippen molar-refractivity contribution in [3.63, 3.8) is 0 Å². The molecule has 5 rings (SSSR count). The van der Waals surface area contributed by atoms with Crippen LogP contribution in [0.25, 0.3) is 23.0 Å². The van der Waals surface area contributed by atoms with E-state index in [0.29, 0.717) is 28.7 Å². The van der Waals surface area contributed by atoms with Crippen LogP contribution in [0.1, 0.15) is 28.3 Å². The fourth-order valence-corrected chi connectivity index (χ4v) is 3.77. The van der Waals surface area contributed by atoms with E-state index in [2.05, 4.69) is 31.1 Å². The van der Waals surface area contributed by atoms with Crippen LogP contribution in [0.2, 0.25) is 0 Å². The summed E-state index contributed by atoms with van der Waals surface area (Å²) in [4.78, 5) is 0. The number of aromatic nitrogens is 8. The van der Waals surface area contributed by atoms with Crippen LogP contribution in [-0.2, 0) is 0 Å². The first-order chi connectivity index (χ1) is 17.6. The predicted molar refractivity (Wildman–Crippen MR) is 134 cm³/mol. The van der Waals surface area contributed by atoms with Crippen LogP contribution < -0.4 is 9.47 Å². The normalized spacial score (nSPS) is 10.8. The SMILES string of the molecule is COc1ccc(C=C(c2nnnn2-c2ccc(C)cc2)c2nnnn2-c2ccc(C)cc2)cc1OC. The van der Waals surface area contributed by atoms with E-state index in [9.17, 15) is 0 Å². The first kappa shape index (κ1) is 22.9. The molecule has 180 valence electrons. The molecule has 3 aromatic carbocycles. The number of benzene rings is 3. The number of hydrogen-bond acceptors (Lipinski definition) is 8. The summed E-state index contributed by atoms with van der Waals surface area (Å²) in [5, 5.41) is 25.2. The Labute approximate surface area is 207 Å². The molecule has 0 saturated heterocycles. The highest BCUT2D eigenvalue weighted by molar-refractivity contribution is 5.87. The summed E-state index contributed by atoms with van der Waals surface area (Å²) < 4.78 is 14.2. The lowest BCUT2D eigenvalue weighted by molar-refractivity contribution is 0.355. The average molecular weight is 481 g/mol. The zero-order valence-electron chi connectivity index (χ0n) is 20.3. The summed E-state index contributed by atoms with van der Waals surface area (Å²) in [6.07, 6.45) is 1.93. The Morgan fingerprint density at radius 1 is 0.667 bits per heavy atom. The van der Waals surface area contributed by atoms with Gasteiger partial charge >= 0.3 is 0 Å². The molecule has 0 radical (unpaired) electrons. The molecule has 36 heavy (non-hydrogen) atoms. The second kappa shape index (κ2) is 9.79. The van der Waals surface area contributed by atoms with E-state index in [1.165, 1.54) is 0 Å². The smallest absolute Gasteiger partial charge is 0.190 e. The second-order valence-electron chi connectivity index (χ2n) is 8.17. The summed E-state index contributed by atoms with van der Waals surface area (Å²) in [6, 6.07) is 21.5. The molecule has 0 unspecified atom stereocenters. The lowest BCUT2D eigenvalue weighted by Gasteiger charge is -2.11. The van der Waals surface area contributed by atoms with Crippen LogP contribution in [0.5, 0.6) is 11.5 Å². The molecule has 0 saturated carbocycles. The molecule has 0 aliphatic rings. The van der Waals surface area contributed by atoms with E-state index in [1.807, 2.05) is 86.7 Å². The van der Waals surface area contributed by atoms with Crippen molar-refractivity contribution >= 4 is 11.6 Å². The lowest BCUT2D eigenvalue weighted by Crippen LogP contribution is -2.09. The molecule has 0 amide bonds. The summed E-state index contributed by atoms with van der Waals surface area (Å²) in [7, 11) is 3.20. The van der Waals surface area contributed by atoms with Gasteiger partial charge in [0.05, 0.1) is 31.2 Å². The van der Waals surface area contributed by atoms with Crippen molar-refractivity contribution in [3.8, 4) is 22.9 Å². The van der Waals surface area contributed by atoms with Crippen molar-refractivity contribution in [2.45, 2.75) is 13.8 Å². The molecule has 2 heterocycles. The van der Waals surface area contributed by atoms with E-state index < -0.39 is 0 Å². The fourth-order valence-electron chi connectivity index (χ4n) is 3.77. The minimum absolute atomic E-state index is 0.483. The maximum absolute atomic E-state index is 5.50. The van der Waals surface area contributed by atoms with Gasteiger partial charge in [0, 0.05) is 0 Å². The van der Waals surface area contributed by atoms with Gasteiger partial charge in [0.15, 0.2) is 23.1 Å². The summed E-state index contributed by atoms with van der Waals surface area (Å²) in [5.74, 6) is 2.20. The summed E-state index contributed by atoms with van der Waals surface area (Å²) in [5.41, 5.74) is 5.36. The van der Waals surface area contributed by atoms with E-state index >= 15 is 0 Å². The van der Waals surface area contributed by atoms with Crippen LogP contribution in [0.4, 0.5) is 0 Å². The van der Waals surface area contributed by atoms with Crippen LogP contribution >= 0.6 is 0 Å². The van der Waals surface area contributed by atoms with Gasteiger partial charge in [-0.05, 0) is 82.7 Å². The van der Waals surface area contributed by atoms with E-state index in [1.54, 1.807) is 23.6 Å². The molecule has 0 N–H and O–H groups in total. The van der Waals surface area contributed by atoms with Gasteiger partial charge in [-0.3, -0.25) is 0 Å². The highest BCUT2D eigenvalue weighted by Crippen LogP contribution is 2.31. The molecule has 0 aliphatic carbocycles. The quantitative estimate of drug-likeness (QED) is 0.346. The maximum atomic E-state index is 5.50. The first-order valence-corrected chi connectivity index (χ1v) is 11.2. The summed E-state index contributed by atoms with van der Waals surface area (Å²) in [6.45, 7) is 4.06. The van der Waals surface area contributed by atoms with E-state index in [0.717, 1.165) is 28.1 Å². The van der Waals surface area contributed by atoms with Crippen LogP contribution in [0, 0.1) is 13.8 Å². The van der Waals surface area contributed by atoms with Crippen LogP contribution in [-0.4, -0.2) is 54.6 Å². The molecule has 10 heteroatoms. The van der Waals surface area contributed by atoms with Gasteiger partial charge in [0.1, 0.15) is 0 Å². The highest BCUT2D eigenvalue weighted by atomic mass is 16.5. The average Bonchev–Trinajstić information content (AvgIpc) is 3.58. The highest BCUT2D eigenvalue weighted by Gasteiger charge is 2.22. The zero-order chi connectivity index (χ0) is 25.1. The Hall–Kier alpha value is -4.86. The number of nitrogens with zero attached hydrogens (tertiary/aromatic N) is 8. The van der Waals surface area contributed by atoms with Crippen molar-refractivity contribution in [3.05, 3.63) is 95.1 Å². The third kappa shape index (κ3) is 4.43. The van der Waals surface area contributed by atoms with Crippen molar-refractivity contribution in [1.29, 1.82) is 0 Å². The molecule has 0 bridgehead atoms. The number of methoxy groups -OCH3 is 2. The Balaban J connectivity index is 1.71. The standard InChI is InChI=1S/C26H24N8O2/c1-17-5-10-20(11-6-17)33-25(27-29-31-33)22(15-19-9-14-23(35-3)24(16-19)36-4)26-28-30-32-34(26)21-12-7-18(2)8-13-21/h5-16H,1-4H3. The molecule has 5 aromatic rings. The number of rotatable bonds is 7. The van der Waals surface area contributed by atoms with Gasteiger partial charge in [0.2, 0.25) is 0 Å².